The van der Waals surface area contributed by atoms with E-state index < -0.39 is 0 Å². The lowest BCUT2D eigenvalue weighted by molar-refractivity contribution is -0.125. The minimum atomic E-state index is -0.173. The van der Waals surface area contributed by atoms with Crippen LogP contribution in [-0.4, -0.2) is 42.0 Å². The minimum absolute atomic E-state index is 0.0148. The Bertz CT molecular complexity index is 314. The van der Waals surface area contributed by atoms with Gasteiger partial charge in [-0.25, -0.2) is 0 Å². The van der Waals surface area contributed by atoms with E-state index >= 15 is 0 Å². The van der Waals surface area contributed by atoms with Crippen LogP contribution in [0.3, 0.4) is 0 Å². The van der Waals surface area contributed by atoms with Crippen LogP contribution >= 0.6 is 0 Å². The van der Waals surface area contributed by atoms with Gasteiger partial charge in [0.15, 0.2) is 0 Å². The van der Waals surface area contributed by atoms with Gasteiger partial charge >= 0.3 is 0 Å². The van der Waals surface area contributed by atoms with Crippen molar-refractivity contribution in [1.29, 1.82) is 0 Å². The number of amides is 1. The lowest BCUT2D eigenvalue weighted by Gasteiger charge is -2.46. The molecule has 1 amide bonds. The molecule has 1 fully saturated rings. The molecule has 0 unspecified atom stereocenters. The fraction of sp³-hybridized carbons (Fsp3) is 0.938. The second kappa shape index (κ2) is 6.90. The lowest BCUT2D eigenvalue weighted by atomic mass is 9.74. The molecule has 0 atom stereocenters. The number of nitrogens with zero attached hydrogens (tertiary/aromatic N) is 1. The summed E-state index contributed by atoms with van der Waals surface area (Å²) in [5.74, 6) is 0.928. The predicted octanol–water partition coefficient (Wildman–Crippen LogP) is 2.13. The maximum atomic E-state index is 12.1. The normalized spacial score (nSPS) is 27.6. The van der Waals surface area contributed by atoms with E-state index in [1.165, 1.54) is 19.3 Å². The highest BCUT2D eigenvalue weighted by atomic mass is 16.2. The highest BCUT2D eigenvalue weighted by Gasteiger charge is 2.37. The van der Waals surface area contributed by atoms with Gasteiger partial charge in [-0.2, -0.15) is 0 Å². The first-order valence-corrected chi connectivity index (χ1v) is 7.95. The standard InChI is InChI=1S/C16H33N3O/c1-6-13-7-9-16(12-17,10-8-13)19(5)11-14(20)18-15(2,3)4/h13H,6-12,17H2,1-5H3,(H,18,20). The van der Waals surface area contributed by atoms with Crippen molar-refractivity contribution in [2.24, 2.45) is 11.7 Å². The van der Waals surface area contributed by atoms with Crippen LogP contribution in [0.5, 0.6) is 0 Å². The zero-order valence-electron chi connectivity index (χ0n) is 14.0. The molecule has 0 aromatic heterocycles. The molecule has 0 bridgehead atoms. The largest absolute Gasteiger partial charge is 0.350 e. The molecule has 1 rings (SSSR count). The van der Waals surface area contributed by atoms with Crippen molar-refractivity contribution in [3.05, 3.63) is 0 Å². The molecule has 1 saturated carbocycles. The van der Waals surface area contributed by atoms with Crippen molar-refractivity contribution in [2.75, 3.05) is 20.1 Å². The Balaban J connectivity index is 2.59. The maximum absolute atomic E-state index is 12.1. The van der Waals surface area contributed by atoms with Crippen LogP contribution in [0, 0.1) is 5.92 Å². The van der Waals surface area contributed by atoms with E-state index in [4.69, 9.17) is 5.73 Å². The van der Waals surface area contributed by atoms with Crippen molar-refractivity contribution in [1.82, 2.24) is 10.2 Å². The molecular weight excluding hydrogens is 250 g/mol. The van der Waals surface area contributed by atoms with Crippen LogP contribution in [0.1, 0.15) is 59.8 Å². The zero-order valence-corrected chi connectivity index (χ0v) is 14.0. The van der Waals surface area contributed by atoms with E-state index in [1.807, 2.05) is 27.8 Å². The van der Waals surface area contributed by atoms with Gasteiger partial charge in [-0.05, 0) is 59.4 Å². The fourth-order valence-corrected chi connectivity index (χ4v) is 3.21. The molecule has 4 heteroatoms. The maximum Gasteiger partial charge on any atom is 0.234 e. The zero-order chi connectivity index (χ0) is 15.4. The average Bonchev–Trinajstić information content (AvgIpc) is 2.36. The van der Waals surface area contributed by atoms with Gasteiger partial charge in [0, 0.05) is 17.6 Å². The van der Waals surface area contributed by atoms with Crippen molar-refractivity contribution in [3.8, 4) is 0 Å². The Morgan fingerprint density at radius 2 is 1.90 bits per heavy atom. The van der Waals surface area contributed by atoms with E-state index in [0.717, 1.165) is 18.8 Å². The Labute approximate surface area is 124 Å². The first kappa shape index (κ1) is 17.4. The predicted molar refractivity (Wildman–Crippen MR) is 84.6 cm³/mol. The van der Waals surface area contributed by atoms with Crippen LogP contribution in [0.2, 0.25) is 0 Å². The number of hydrogen-bond acceptors (Lipinski definition) is 3. The minimum Gasteiger partial charge on any atom is -0.350 e. The van der Waals surface area contributed by atoms with Crippen molar-refractivity contribution in [3.63, 3.8) is 0 Å². The summed E-state index contributed by atoms with van der Waals surface area (Å²) in [6, 6.07) is 0. The third kappa shape index (κ3) is 4.74. The molecule has 1 aliphatic rings. The van der Waals surface area contributed by atoms with Crippen LogP contribution in [0.15, 0.2) is 0 Å². The second-order valence-electron chi connectivity index (χ2n) is 7.43. The van der Waals surface area contributed by atoms with Gasteiger partial charge in [-0.3, -0.25) is 9.69 Å². The number of carbonyl (C=O) groups is 1. The molecule has 0 aromatic carbocycles. The fourth-order valence-electron chi connectivity index (χ4n) is 3.21. The van der Waals surface area contributed by atoms with Crippen LogP contribution < -0.4 is 11.1 Å². The number of nitrogens with two attached hydrogens (primary N) is 1. The molecule has 20 heavy (non-hydrogen) atoms. The lowest BCUT2D eigenvalue weighted by Crippen LogP contribution is -2.57. The highest BCUT2D eigenvalue weighted by Crippen LogP contribution is 2.36. The molecule has 0 aromatic rings. The van der Waals surface area contributed by atoms with Gasteiger partial charge in [0.1, 0.15) is 0 Å². The molecule has 1 aliphatic carbocycles. The topological polar surface area (TPSA) is 58.4 Å². The van der Waals surface area contributed by atoms with Crippen LogP contribution in [-0.2, 0) is 4.79 Å². The number of nitrogens with one attached hydrogen (secondary N) is 1. The van der Waals surface area contributed by atoms with E-state index in [0.29, 0.717) is 13.1 Å². The summed E-state index contributed by atoms with van der Waals surface area (Å²) in [5.41, 5.74) is 5.90. The summed E-state index contributed by atoms with van der Waals surface area (Å²) in [5, 5.41) is 3.03. The summed E-state index contributed by atoms with van der Waals surface area (Å²) >= 11 is 0. The number of rotatable bonds is 5. The summed E-state index contributed by atoms with van der Waals surface area (Å²) in [6.07, 6.45) is 5.95. The quantitative estimate of drug-likeness (QED) is 0.812. The summed E-state index contributed by atoms with van der Waals surface area (Å²) in [6.45, 7) is 9.37. The second-order valence-corrected chi connectivity index (χ2v) is 7.43. The van der Waals surface area contributed by atoms with Gasteiger partial charge in [-0.15, -0.1) is 0 Å². The Morgan fingerprint density at radius 3 is 2.30 bits per heavy atom. The van der Waals surface area contributed by atoms with E-state index in [1.54, 1.807) is 0 Å². The Hall–Kier alpha value is -0.610. The molecule has 3 N–H and O–H groups in total. The molecule has 118 valence electrons. The molecular formula is C16H33N3O. The van der Waals surface area contributed by atoms with Crippen molar-refractivity contribution in [2.45, 2.75) is 70.9 Å². The smallest absolute Gasteiger partial charge is 0.234 e. The van der Waals surface area contributed by atoms with Crippen molar-refractivity contribution < 1.29 is 4.79 Å². The highest BCUT2D eigenvalue weighted by molar-refractivity contribution is 5.78. The van der Waals surface area contributed by atoms with Gasteiger partial charge in [-0.1, -0.05) is 13.3 Å². The molecule has 0 spiro atoms. The van der Waals surface area contributed by atoms with Gasteiger partial charge in [0.05, 0.1) is 6.54 Å². The van der Waals surface area contributed by atoms with Crippen molar-refractivity contribution >= 4 is 5.91 Å². The Morgan fingerprint density at radius 1 is 1.35 bits per heavy atom. The van der Waals surface area contributed by atoms with Gasteiger partial charge in [0.2, 0.25) is 5.91 Å². The van der Waals surface area contributed by atoms with Crippen LogP contribution in [0.4, 0.5) is 0 Å². The molecule has 0 heterocycles. The van der Waals surface area contributed by atoms with Gasteiger partial charge in [0.25, 0.3) is 0 Å². The van der Waals surface area contributed by atoms with E-state index in [9.17, 15) is 4.79 Å². The number of hydrogen-bond donors (Lipinski definition) is 2. The number of carbonyl (C=O) groups excluding carboxylic acids is 1. The molecule has 0 radical (unpaired) electrons. The first-order chi connectivity index (χ1) is 9.22. The molecule has 4 nitrogen and oxygen atoms in total. The van der Waals surface area contributed by atoms with E-state index in [-0.39, 0.29) is 17.0 Å². The monoisotopic (exact) mass is 283 g/mol. The Kier molecular flexibility index (Phi) is 6.02. The summed E-state index contributed by atoms with van der Waals surface area (Å²) in [4.78, 5) is 14.3. The SMILES string of the molecule is CCC1CCC(CN)(N(C)CC(=O)NC(C)(C)C)CC1. The molecule has 0 saturated heterocycles. The molecule has 0 aliphatic heterocycles. The first-order valence-electron chi connectivity index (χ1n) is 7.95. The third-order valence-corrected chi connectivity index (χ3v) is 4.70. The summed E-state index contributed by atoms with van der Waals surface area (Å²) < 4.78 is 0. The average molecular weight is 283 g/mol. The third-order valence-electron chi connectivity index (χ3n) is 4.70. The van der Waals surface area contributed by atoms with Gasteiger partial charge < -0.3 is 11.1 Å². The van der Waals surface area contributed by atoms with E-state index in [2.05, 4.69) is 17.1 Å². The summed E-state index contributed by atoms with van der Waals surface area (Å²) in [7, 11) is 2.04. The number of likely N-dealkylation sites (N-methyl/N-ethyl adjacent to an activating group) is 1. The van der Waals surface area contributed by atoms with Crippen LogP contribution in [0.25, 0.3) is 0 Å².